The molecule has 0 bridgehead atoms. The largest absolute Gasteiger partial charge is 0.454 e. The van der Waals surface area contributed by atoms with Gasteiger partial charge in [-0.15, -0.1) is 0 Å². The van der Waals surface area contributed by atoms with E-state index in [2.05, 4.69) is 13.8 Å². The number of aliphatic hydroxyl groups excluding tert-OH is 1. The Morgan fingerprint density at radius 1 is 1.13 bits per heavy atom. The predicted molar refractivity (Wildman–Crippen MR) is 139 cm³/mol. The molecule has 8 atom stereocenters. The molecule has 4 aliphatic rings. The SMILES string of the molecule is CC(=O)O[C@]1(C(=O)COC(=O)c2ccccc2)CC[C@H]2[C@@H]3CC(C)C4=CC(=O)C=C[C@]4(C)[C@H]3C(O)C[C@@]21C. The molecule has 0 saturated heterocycles. The lowest BCUT2D eigenvalue weighted by molar-refractivity contribution is -0.199. The van der Waals surface area contributed by atoms with Crippen molar-refractivity contribution in [3.63, 3.8) is 0 Å². The Labute approximate surface area is 223 Å². The summed E-state index contributed by atoms with van der Waals surface area (Å²) < 4.78 is 11.3. The summed E-state index contributed by atoms with van der Waals surface area (Å²) in [6, 6.07) is 8.43. The Morgan fingerprint density at radius 2 is 1.84 bits per heavy atom. The van der Waals surface area contributed by atoms with Crippen molar-refractivity contribution in [1.82, 2.24) is 0 Å². The van der Waals surface area contributed by atoms with Gasteiger partial charge in [0.15, 0.2) is 18.0 Å². The highest BCUT2D eigenvalue weighted by Gasteiger charge is 2.70. The van der Waals surface area contributed by atoms with Gasteiger partial charge in [-0.1, -0.05) is 50.6 Å². The van der Waals surface area contributed by atoms with Gasteiger partial charge >= 0.3 is 11.9 Å². The minimum Gasteiger partial charge on any atom is -0.454 e. The van der Waals surface area contributed by atoms with Gasteiger partial charge in [0.1, 0.15) is 0 Å². The molecule has 2 unspecified atom stereocenters. The number of esters is 2. The number of Topliss-reactive ketones (excluding diaryl/α,β-unsaturated/α-hetero) is 1. The van der Waals surface area contributed by atoms with Crippen LogP contribution < -0.4 is 0 Å². The predicted octanol–water partition coefficient (Wildman–Crippen LogP) is 4.24. The van der Waals surface area contributed by atoms with Crippen molar-refractivity contribution < 1.29 is 33.8 Å². The van der Waals surface area contributed by atoms with E-state index in [0.717, 1.165) is 12.0 Å². The van der Waals surface area contributed by atoms with E-state index in [9.17, 15) is 24.3 Å². The third-order valence-corrected chi connectivity index (χ3v) is 10.0. The third-order valence-electron chi connectivity index (χ3n) is 10.0. The summed E-state index contributed by atoms with van der Waals surface area (Å²) in [4.78, 5) is 51.0. The van der Waals surface area contributed by atoms with Crippen LogP contribution in [0.15, 0.2) is 54.1 Å². The molecule has 0 spiro atoms. The highest BCUT2D eigenvalue weighted by atomic mass is 16.6. The lowest BCUT2D eigenvalue weighted by atomic mass is 9.44. The minimum absolute atomic E-state index is 0.0101. The topological polar surface area (TPSA) is 107 Å². The van der Waals surface area contributed by atoms with Crippen molar-refractivity contribution in [2.45, 2.75) is 65.1 Å². The summed E-state index contributed by atoms with van der Waals surface area (Å²) in [5.41, 5.74) is -1.40. The van der Waals surface area contributed by atoms with Crippen molar-refractivity contribution >= 4 is 23.5 Å². The molecule has 0 aliphatic heterocycles. The van der Waals surface area contributed by atoms with Gasteiger partial charge in [0.05, 0.1) is 11.7 Å². The third kappa shape index (κ3) is 3.89. The van der Waals surface area contributed by atoms with Crippen LogP contribution in [0.5, 0.6) is 0 Å². The second-order valence-electron chi connectivity index (χ2n) is 12.1. The highest BCUT2D eigenvalue weighted by Crippen LogP contribution is 2.68. The molecule has 0 heterocycles. The maximum Gasteiger partial charge on any atom is 0.338 e. The number of fused-ring (bicyclic) bond motifs is 5. The van der Waals surface area contributed by atoms with E-state index in [1.165, 1.54) is 6.92 Å². The zero-order valence-corrected chi connectivity index (χ0v) is 22.4. The summed E-state index contributed by atoms with van der Waals surface area (Å²) in [6.45, 7) is 6.94. The van der Waals surface area contributed by atoms with Crippen molar-refractivity contribution in [2.75, 3.05) is 6.61 Å². The quantitative estimate of drug-likeness (QED) is 0.579. The van der Waals surface area contributed by atoms with E-state index in [1.807, 2.05) is 13.0 Å². The number of ketones is 2. The van der Waals surface area contributed by atoms with Crippen molar-refractivity contribution in [3.8, 4) is 0 Å². The minimum atomic E-state index is -1.49. The molecular weight excluding hydrogens is 484 g/mol. The van der Waals surface area contributed by atoms with Crippen molar-refractivity contribution in [3.05, 3.63) is 59.7 Å². The van der Waals surface area contributed by atoms with Gasteiger partial charge in [0, 0.05) is 23.7 Å². The Bertz CT molecular complexity index is 1230. The van der Waals surface area contributed by atoms with Crippen LogP contribution in [0.3, 0.4) is 0 Å². The highest BCUT2D eigenvalue weighted by molar-refractivity contribution is 6.01. The van der Waals surface area contributed by atoms with Gasteiger partial charge in [0.25, 0.3) is 0 Å². The molecule has 38 heavy (non-hydrogen) atoms. The van der Waals surface area contributed by atoms with Crippen molar-refractivity contribution in [1.29, 1.82) is 0 Å². The normalized spacial score (nSPS) is 39.3. The zero-order chi connectivity index (χ0) is 27.5. The summed E-state index contributed by atoms with van der Waals surface area (Å²) >= 11 is 0. The number of hydrogen-bond donors (Lipinski definition) is 1. The van der Waals surface area contributed by atoms with E-state index in [0.29, 0.717) is 18.4 Å². The monoisotopic (exact) mass is 520 g/mol. The van der Waals surface area contributed by atoms with E-state index >= 15 is 0 Å². The Hall–Kier alpha value is -3.06. The number of ether oxygens (including phenoxy) is 2. The van der Waals surface area contributed by atoms with Crippen LogP contribution in [0.2, 0.25) is 0 Å². The fraction of sp³-hybridized carbons (Fsp3) is 0.548. The van der Waals surface area contributed by atoms with Gasteiger partial charge in [-0.3, -0.25) is 14.4 Å². The second-order valence-corrected chi connectivity index (χ2v) is 12.1. The van der Waals surface area contributed by atoms with Crippen LogP contribution in [0.25, 0.3) is 0 Å². The first-order chi connectivity index (χ1) is 17.9. The number of hydrogen-bond acceptors (Lipinski definition) is 7. The van der Waals surface area contributed by atoms with E-state index in [4.69, 9.17) is 9.47 Å². The fourth-order valence-corrected chi connectivity index (χ4v) is 8.57. The first kappa shape index (κ1) is 26.5. The Kier molecular flexibility index (Phi) is 6.49. The van der Waals surface area contributed by atoms with Crippen LogP contribution >= 0.6 is 0 Å². The standard InChI is InChI=1S/C31H36O7/c1-18-14-22-23-11-13-31(38-19(2)32,26(35)17-37-28(36)20-8-6-5-7-9-20)30(23,4)16-25(34)27(22)29(3)12-10-21(33)15-24(18)29/h5-10,12,15,18,22-23,25,27,34H,11,13-14,16-17H2,1-4H3/t18?,22-,23-,25?,27+,29-,30-,31-/m0/s1. The van der Waals surface area contributed by atoms with Gasteiger partial charge in [-0.25, -0.2) is 4.79 Å². The zero-order valence-electron chi connectivity index (χ0n) is 22.4. The van der Waals surface area contributed by atoms with Crippen LogP contribution in [-0.2, 0) is 23.9 Å². The van der Waals surface area contributed by atoms with Crippen molar-refractivity contribution in [2.24, 2.45) is 34.5 Å². The molecule has 7 heteroatoms. The van der Waals surface area contributed by atoms with Crippen LogP contribution in [-0.4, -0.2) is 46.9 Å². The number of rotatable bonds is 5. The number of benzene rings is 1. The lowest BCUT2D eigenvalue weighted by Gasteiger charge is -2.61. The second kappa shape index (κ2) is 9.30. The van der Waals surface area contributed by atoms with Crippen LogP contribution in [0.4, 0.5) is 0 Å². The maximum absolute atomic E-state index is 13.9. The first-order valence-corrected chi connectivity index (χ1v) is 13.5. The van der Waals surface area contributed by atoms with E-state index < -0.39 is 46.9 Å². The molecule has 0 aromatic heterocycles. The molecule has 3 fully saturated rings. The average Bonchev–Trinajstić information content (AvgIpc) is 3.15. The summed E-state index contributed by atoms with van der Waals surface area (Å²) in [7, 11) is 0. The summed E-state index contributed by atoms with van der Waals surface area (Å²) in [5.74, 6) is -1.58. The first-order valence-electron chi connectivity index (χ1n) is 13.5. The van der Waals surface area contributed by atoms with Crippen LogP contribution in [0.1, 0.15) is 63.7 Å². The summed E-state index contributed by atoms with van der Waals surface area (Å²) in [5, 5.41) is 11.7. The molecule has 0 amide bonds. The number of allylic oxidation sites excluding steroid dienone is 4. The number of carbonyl (C=O) groups is 4. The van der Waals surface area contributed by atoms with Gasteiger partial charge in [-0.05, 0) is 67.7 Å². The molecule has 3 saturated carbocycles. The molecule has 4 aliphatic carbocycles. The molecule has 7 nitrogen and oxygen atoms in total. The molecule has 1 aromatic carbocycles. The Balaban J connectivity index is 1.47. The Morgan fingerprint density at radius 3 is 2.53 bits per heavy atom. The van der Waals surface area contributed by atoms with Crippen LogP contribution in [0, 0.1) is 34.5 Å². The maximum atomic E-state index is 13.9. The van der Waals surface area contributed by atoms with Gasteiger partial charge in [0.2, 0.25) is 5.78 Å². The average molecular weight is 521 g/mol. The molecule has 5 rings (SSSR count). The molecule has 1 aromatic rings. The summed E-state index contributed by atoms with van der Waals surface area (Å²) in [6.07, 6.45) is 6.51. The number of aliphatic hydroxyl groups is 1. The lowest BCUT2D eigenvalue weighted by Crippen LogP contribution is -2.63. The van der Waals surface area contributed by atoms with Gasteiger partial charge in [-0.2, -0.15) is 0 Å². The van der Waals surface area contributed by atoms with E-state index in [1.54, 1.807) is 42.5 Å². The van der Waals surface area contributed by atoms with Gasteiger partial charge < -0.3 is 14.6 Å². The molecular formula is C31H36O7. The molecule has 202 valence electrons. The smallest absolute Gasteiger partial charge is 0.338 e. The van der Waals surface area contributed by atoms with E-state index in [-0.39, 0.29) is 35.9 Å². The molecule has 0 radical (unpaired) electrons. The molecule has 1 N–H and O–H groups in total. The fourth-order valence-electron chi connectivity index (χ4n) is 8.57. The number of carbonyl (C=O) groups excluding carboxylic acids is 4.